The topological polar surface area (TPSA) is 59.1 Å². The molecule has 0 amide bonds. The molecule has 1 heterocycles. The minimum absolute atomic E-state index is 0.525. The Hall–Kier alpha value is -2.79. The van der Waals surface area contributed by atoms with Crippen molar-refractivity contribution in [3.8, 4) is 5.75 Å². The number of methoxy groups -OCH3 is 1. The third-order valence-electron chi connectivity index (χ3n) is 3.32. The number of aryl methyl sites for hydroxylation is 1. The lowest BCUT2D eigenvalue weighted by atomic mass is 10.3. The van der Waals surface area contributed by atoms with E-state index < -0.39 is 0 Å². The van der Waals surface area contributed by atoms with E-state index >= 15 is 0 Å². The minimum atomic E-state index is 0.525. The standard InChI is InChI=1S/C18H17ClN4O/c1-12-11-17(21-14-5-3-13(19)4-6-14)23-18(20-12)22-15-7-9-16(24-2)10-8-15/h3-11H,1-2H3,(H2,20,21,22,23). The molecule has 24 heavy (non-hydrogen) atoms. The summed E-state index contributed by atoms with van der Waals surface area (Å²) < 4.78 is 5.15. The van der Waals surface area contributed by atoms with Gasteiger partial charge in [-0.15, -0.1) is 0 Å². The van der Waals surface area contributed by atoms with E-state index in [-0.39, 0.29) is 0 Å². The third kappa shape index (κ3) is 4.14. The summed E-state index contributed by atoms with van der Waals surface area (Å²) in [6.45, 7) is 1.92. The molecule has 5 nitrogen and oxygen atoms in total. The molecule has 0 fully saturated rings. The predicted octanol–water partition coefficient (Wildman–Crippen LogP) is 4.93. The smallest absolute Gasteiger partial charge is 0.229 e. The summed E-state index contributed by atoms with van der Waals surface area (Å²) in [4.78, 5) is 8.90. The normalized spacial score (nSPS) is 10.3. The highest BCUT2D eigenvalue weighted by Gasteiger charge is 2.04. The van der Waals surface area contributed by atoms with E-state index in [4.69, 9.17) is 16.3 Å². The number of rotatable bonds is 5. The first-order chi connectivity index (χ1) is 11.6. The van der Waals surface area contributed by atoms with Gasteiger partial charge in [0.1, 0.15) is 11.6 Å². The Morgan fingerprint density at radius 2 is 1.50 bits per heavy atom. The highest BCUT2D eigenvalue weighted by atomic mass is 35.5. The van der Waals surface area contributed by atoms with Crippen molar-refractivity contribution >= 4 is 34.7 Å². The Morgan fingerprint density at radius 3 is 2.17 bits per heavy atom. The van der Waals surface area contributed by atoms with Crippen LogP contribution in [0.15, 0.2) is 54.6 Å². The summed E-state index contributed by atoms with van der Waals surface area (Å²) in [7, 11) is 1.64. The van der Waals surface area contributed by atoms with Crippen LogP contribution in [-0.2, 0) is 0 Å². The number of halogens is 1. The summed E-state index contributed by atoms with van der Waals surface area (Å²) in [5.41, 5.74) is 2.66. The maximum atomic E-state index is 5.90. The predicted molar refractivity (Wildman–Crippen MR) is 97.8 cm³/mol. The molecule has 0 atom stereocenters. The largest absolute Gasteiger partial charge is 0.497 e. The number of benzene rings is 2. The fourth-order valence-electron chi connectivity index (χ4n) is 2.17. The molecular weight excluding hydrogens is 324 g/mol. The minimum Gasteiger partial charge on any atom is -0.497 e. The van der Waals surface area contributed by atoms with Gasteiger partial charge in [0, 0.05) is 28.2 Å². The van der Waals surface area contributed by atoms with Crippen molar-refractivity contribution < 1.29 is 4.74 Å². The second-order valence-corrected chi connectivity index (χ2v) is 5.64. The van der Waals surface area contributed by atoms with Gasteiger partial charge in [-0.05, 0) is 55.5 Å². The zero-order valence-electron chi connectivity index (χ0n) is 13.4. The average Bonchev–Trinajstić information content (AvgIpc) is 2.57. The number of anilines is 4. The SMILES string of the molecule is COc1ccc(Nc2nc(C)cc(Nc3ccc(Cl)cc3)n2)cc1. The number of nitrogens with zero attached hydrogens (tertiary/aromatic N) is 2. The van der Waals surface area contributed by atoms with Crippen LogP contribution < -0.4 is 15.4 Å². The molecule has 0 spiro atoms. The van der Waals surface area contributed by atoms with Gasteiger partial charge in [-0.3, -0.25) is 0 Å². The highest BCUT2D eigenvalue weighted by Crippen LogP contribution is 2.21. The van der Waals surface area contributed by atoms with E-state index in [9.17, 15) is 0 Å². The van der Waals surface area contributed by atoms with Crippen LogP contribution in [0.2, 0.25) is 5.02 Å². The molecule has 0 unspecified atom stereocenters. The molecule has 0 aliphatic carbocycles. The van der Waals surface area contributed by atoms with Gasteiger partial charge >= 0.3 is 0 Å². The molecule has 6 heteroatoms. The van der Waals surface area contributed by atoms with Gasteiger partial charge in [0.15, 0.2) is 0 Å². The fraction of sp³-hybridized carbons (Fsp3) is 0.111. The molecule has 2 N–H and O–H groups in total. The Kier molecular flexibility index (Phi) is 4.82. The first-order valence-electron chi connectivity index (χ1n) is 7.42. The second kappa shape index (κ2) is 7.19. The van der Waals surface area contributed by atoms with E-state index in [1.165, 1.54) is 0 Å². The Bertz CT molecular complexity index is 819. The zero-order chi connectivity index (χ0) is 16.9. The number of hydrogen-bond acceptors (Lipinski definition) is 5. The van der Waals surface area contributed by atoms with Crippen LogP contribution in [0.1, 0.15) is 5.69 Å². The molecule has 0 radical (unpaired) electrons. The zero-order valence-corrected chi connectivity index (χ0v) is 14.1. The van der Waals surface area contributed by atoms with Crippen LogP contribution in [0, 0.1) is 6.92 Å². The van der Waals surface area contributed by atoms with Crippen molar-refractivity contribution in [1.29, 1.82) is 0 Å². The molecule has 0 saturated carbocycles. The lowest BCUT2D eigenvalue weighted by molar-refractivity contribution is 0.415. The Labute approximate surface area is 145 Å². The number of aromatic nitrogens is 2. The van der Waals surface area contributed by atoms with Crippen LogP contribution in [0.4, 0.5) is 23.1 Å². The molecular formula is C18H17ClN4O. The van der Waals surface area contributed by atoms with Crippen molar-refractivity contribution in [3.63, 3.8) is 0 Å². The second-order valence-electron chi connectivity index (χ2n) is 5.20. The molecule has 3 aromatic rings. The van der Waals surface area contributed by atoms with E-state index in [1.807, 2.05) is 61.5 Å². The number of nitrogens with one attached hydrogen (secondary N) is 2. The summed E-state index contributed by atoms with van der Waals surface area (Å²) in [5.74, 6) is 2.04. The van der Waals surface area contributed by atoms with Gasteiger partial charge in [-0.1, -0.05) is 11.6 Å². The Balaban J connectivity index is 1.78. The molecule has 0 saturated heterocycles. The average molecular weight is 341 g/mol. The van der Waals surface area contributed by atoms with Gasteiger partial charge < -0.3 is 15.4 Å². The van der Waals surface area contributed by atoms with Crippen LogP contribution in [0.25, 0.3) is 0 Å². The van der Waals surface area contributed by atoms with Gasteiger partial charge in [0.2, 0.25) is 5.95 Å². The monoisotopic (exact) mass is 340 g/mol. The lowest BCUT2D eigenvalue weighted by Crippen LogP contribution is -2.02. The van der Waals surface area contributed by atoms with Crippen LogP contribution in [0.3, 0.4) is 0 Å². The molecule has 122 valence electrons. The number of ether oxygens (including phenoxy) is 1. The van der Waals surface area contributed by atoms with E-state index in [1.54, 1.807) is 7.11 Å². The molecule has 3 rings (SSSR count). The van der Waals surface area contributed by atoms with Crippen LogP contribution in [-0.4, -0.2) is 17.1 Å². The van der Waals surface area contributed by atoms with E-state index in [0.717, 1.165) is 22.8 Å². The molecule has 0 aliphatic heterocycles. The van der Waals surface area contributed by atoms with Crippen LogP contribution >= 0.6 is 11.6 Å². The molecule has 2 aromatic carbocycles. The van der Waals surface area contributed by atoms with E-state index in [2.05, 4.69) is 20.6 Å². The lowest BCUT2D eigenvalue weighted by Gasteiger charge is -2.10. The van der Waals surface area contributed by atoms with Crippen molar-refractivity contribution in [2.24, 2.45) is 0 Å². The van der Waals surface area contributed by atoms with Gasteiger partial charge in [-0.25, -0.2) is 4.98 Å². The first-order valence-corrected chi connectivity index (χ1v) is 7.79. The molecule has 0 aliphatic rings. The van der Waals surface area contributed by atoms with Crippen molar-refractivity contribution in [3.05, 3.63) is 65.3 Å². The van der Waals surface area contributed by atoms with Crippen molar-refractivity contribution in [2.75, 3.05) is 17.7 Å². The maximum Gasteiger partial charge on any atom is 0.229 e. The van der Waals surface area contributed by atoms with Crippen LogP contribution in [0.5, 0.6) is 5.75 Å². The summed E-state index contributed by atoms with van der Waals surface area (Å²) in [5, 5.41) is 7.13. The quantitative estimate of drug-likeness (QED) is 0.689. The van der Waals surface area contributed by atoms with Gasteiger partial charge in [0.25, 0.3) is 0 Å². The van der Waals surface area contributed by atoms with Gasteiger partial charge in [0.05, 0.1) is 7.11 Å². The summed E-state index contributed by atoms with van der Waals surface area (Å²) in [6.07, 6.45) is 0. The third-order valence-corrected chi connectivity index (χ3v) is 3.57. The highest BCUT2D eigenvalue weighted by molar-refractivity contribution is 6.30. The molecule has 1 aromatic heterocycles. The van der Waals surface area contributed by atoms with Gasteiger partial charge in [-0.2, -0.15) is 4.98 Å². The Morgan fingerprint density at radius 1 is 0.875 bits per heavy atom. The fourth-order valence-corrected chi connectivity index (χ4v) is 2.30. The summed E-state index contributed by atoms with van der Waals surface area (Å²) >= 11 is 5.90. The van der Waals surface area contributed by atoms with E-state index in [0.29, 0.717) is 16.8 Å². The molecule has 0 bridgehead atoms. The summed E-state index contributed by atoms with van der Waals surface area (Å²) in [6, 6.07) is 16.9. The maximum absolute atomic E-state index is 5.90. The van der Waals surface area contributed by atoms with Crippen molar-refractivity contribution in [2.45, 2.75) is 6.92 Å². The number of hydrogen-bond donors (Lipinski definition) is 2. The van der Waals surface area contributed by atoms with Crippen molar-refractivity contribution in [1.82, 2.24) is 9.97 Å². The first kappa shape index (κ1) is 16.1.